The van der Waals surface area contributed by atoms with E-state index in [4.69, 9.17) is 4.74 Å². The van der Waals surface area contributed by atoms with Crippen LogP contribution in [-0.4, -0.2) is 13.1 Å². The minimum absolute atomic E-state index is 0.280. The second-order valence-electron chi connectivity index (χ2n) is 7.95. The number of carbonyl (C=O) groups is 1. The van der Waals surface area contributed by atoms with E-state index in [0.29, 0.717) is 5.56 Å². The molecule has 4 fully saturated rings. The van der Waals surface area contributed by atoms with Gasteiger partial charge in [-0.25, -0.2) is 4.79 Å². The van der Waals surface area contributed by atoms with Crippen LogP contribution >= 0.6 is 0 Å². The Kier molecular flexibility index (Phi) is 4.07. The highest BCUT2D eigenvalue weighted by atomic mass is 16.5. The molecule has 126 valence electrons. The van der Waals surface area contributed by atoms with E-state index in [9.17, 15) is 4.79 Å². The molecule has 4 bridgehead atoms. The summed E-state index contributed by atoms with van der Waals surface area (Å²) in [6, 6.07) is 7.65. The van der Waals surface area contributed by atoms with E-state index >= 15 is 0 Å². The van der Waals surface area contributed by atoms with Crippen molar-refractivity contribution in [1.82, 2.24) is 0 Å². The van der Waals surface area contributed by atoms with Gasteiger partial charge in [-0.05, 0) is 80.4 Å². The fourth-order valence-corrected chi connectivity index (χ4v) is 5.36. The number of esters is 1. The van der Waals surface area contributed by atoms with Gasteiger partial charge in [-0.15, -0.1) is 0 Å². The highest BCUT2D eigenvalue weighted by molar-refractivity contribution is 5.89. The Morgan fingerprint density at radius 2 is 1.58 bits per heavy atom. The van der Waals surface area contributed by atoms with Crippen LogP contribution in [0.15, 0.2) is 41.5 Å². The number of hydrogen-bond donors (Lipinski definition) is 0. The number of hydrogen-bond acceptors (Lipinski definition) is 2. The monoisotopic (exact) mass is 322 g/mol. The van der Waals surface area contributed by atoms with Crippen molar-refractivity contribution in [2.45, 2.75) is 39.0 Å². The maximum absolute atomic E-state index is 11.5. The van der Waals surface area contributed by atoms with E-state index < -0.39 is 0 Å². The van der Waals surface area contributed by atoms with Gasteiger partial charge in [0.05, 0.1) is 12.7 Å². The quantitative estimate of drug-likeness (QED) is 0.710. The molecule has 24 heavy (non-hydrogen) atoms. The molecule has 4 aliphatic rings. The predicted octanol–water partition coefficient (Wildman–Crippen LogP) is 5.26. The molecule has 0 spiro atoms. The first kappa shape index (κ1) is 15.7. The number of allylic oxidation sites excluding steroid dienone is 3. The number of methoxy groups -OCH3 is 1. The second kappa shape index (κ2) is 6.23. The lowest BCUT2D eigenvalue weighted by Gasteiger charge is -2.51. The molecule has 0 amide bonds. The first-order valence-electron chi connectivity index (χ1n) is 9.20. The van der Waals surface area contributed by atoms with Gasteiger partial charge in [0.25, 0.3) is 0 Å². The molecule has 0 heterocycles. The lowest BCUT2D eigenvalue weighted by atomic mass is 9.54. The average Bonchev–Trinajstić information content (AvgIpc) is 2.57. The van der Waals surface area contributed by atoms with Gasteiger partial charge in [-0.1, -0.05) is 35.4 Å². The summed E-state index contributed by atoms with van der Waals surface area (Å²) in [5, 5.41) is 0. The maximum atomic E-state index is 11.5. The van der Waals surface area contributed by atoms with Crippen LogP contribution in [0, 0.1) is 23.7 Å². The fourth-order valence-electron chi connectivity index (χ4n) is 5.36. The summed E-state index contributed by atoms with van der Waals surface area (Å²) >= 11 is 0. The van der Waals surface area contributed by atoms with Crippen LogP contribution in [0.3, 0.4) is 0 Å². The molecule has 0 aliphatic heterocycles. The molecule has 0 atom stereocenters. The van der Waals surface area contributed by atoms with Crippen molar-refractivity contribution >= 4 is 12.0 Å². The minimum Gasteiger partial charge on any atom is -0.465 e. The van der Waals surface area contributed by atoms with Crippen molar-refractivity contribution in [3.63, 3.8) is 0 Å². The average molecular weight is 322 g/mol. The lowest BCUT2D eigenvalue weighted by molar-refractivity contribution is 0.0600. The predicted molar refractivity (Wildman–Crippen MR) is 96.6 cm³/mol. The molecule has 4 saturated carbocycles. The number of benzene rings is 1. The molecule has 2 heteroatoms. The summed E-state index contributed by atoms with van der Waals surface area (Å²) in [4.78, 5) is 11.5. The van der Waals surface area contributed by atoms with Crippen LogP contribution in [0.25, 0.3) is 6.08 Å². The Balaban J connectivity index is 1.52. The van der Waals surface area contributed by atoms with Gasteiger partial charge >= 0.3 is 5.97 Å². The highest BCUT2D eigenvalue weighted by Gasteiger charge is 2.44. The van der Waals surface area contributed by atoms with Gasteiger partial charge in [-0.2, -0.15) is 0 Å². The van der Waals surface area contributed by atoms with E-state index in [-0.39, 0.29) is 5.97 Å². The van der Waals surface area contributed by atoms with E-state index in [1.807, 2.05) is 24.3 Å². The molecule has 1 aromatic rings. The molecule has 0 unspecified atom stereocenters. The van der Waals surface area contributed by atoms with Crippen molar-refractivity contribution in [3.8, 4) is 0 Å². The first-order valence-corrected chi connectivity index (χ1v) is 9.20. The van der Waals surface area contributed by atoms with Crippen LogP contribution in [0.5, 0.6) is 0 Å². The smallest absolute Gasteiger partial charge is 0.337 e. The largest absolute Gasteiger partial charge is 0.465 e. The Morgan fingerprint density at radius 3 is 2.12 bits per heavy atom. The third kappa shape index (κ3) is 2.94. The van der Waals surface area contributed by atoms with Gasteiger partial charge in [-0.3, -0.25) is 0 Å². The van der Waals surface area contributed by atoms with E-state index in [2.05, 4.69) is 19.1 Å². The van der Waals surface area contributed by atoms with Gasteiger partial charge in [0, 0.05) is 0 Å². The molecular formula is C22H26O2. The molecule has 0 saturated heterocycles. The van der Waals surface area contributed by atoms with Crippen molar-refractivity contribution < 1.29 is 9.53 Å². The molecular weight excluding hydrogens is 296 g/mol. The third-order valence-corrected chi connectivity index (χ3v) is 6.20. The summed E-state index contributed by atoms with van der Waals surface area (Å²) in [6.45, 7) is 2.20. The van der Waals surface area contributed by atoms with Crippen LogP contribution < -0.4 is 0 Å². The molecule has 0 radical (unpaired) electrons. The van der Waals surface area contributed by atoms with Gasteiger partial charge in [0.2, 0.25) is 0 Å². The first-order chi connectivity index (χ1) is 11.6. The molecule has 0 N–H and O–H groups in total. The van der Waals surface area contributed by atoms with E-state index in [1.54, 1.807) is 5.57 Å². The standard InChI is InChI=1S/C22H26O2/c1-14(7-15-3-5-18(6-4-15)22(23)24-2)8-21-19-10-16-9-17(12-19)13-20(21)11-16/h3-8,16-17,19-20H,9-13H2,1-2H3. The Hall–Kier alpha value is -1.83. The van der Waals surface area contributed by atoms with E-state index in [0.717, 1.165) is 29.2 Å². The fraction of sp³-hybridized carbons (Fsp3) is 0.500. The lowest BCUT2D eigenvalue weighted by Crippen LogP contribution is -2.40. The molecule has 4 aliphatic carbocycles. The van der Waals surface area contributed by atoms with Crippen molar-refractivity contribution in [2.75, 3.05) is 7.11 Å². The molecule has 2 nitrogen and oxygen atoms in total. The second-order valence-corrected chi connectivity index (χ2v) is 7.95. The topological polar surface area (TPSA) is 26.3 Å². The Bertz CT molecular complexity index is 663. The molecule has 0 aromatic heterocycles. The maximum Gasteiger partial charge on any atom is 0.337 e. The number of rotatable bonds is 3. The van der Waals surface area contributed by atoms with Crippen molar-refractivity contribution in [2.24, 2.45) is 23.7 Å². The normalized spacial score (nSPS) is 31.2. The summed E-state index contributed by atoms with van der Waals surface area (Å²) in [6.07, 6.45) is 11.9. The van der Waals surface area contributed by atoms with Crippen LogP contribution in [0.4, 0.5) is 0 Å². The zero-order chi connectivity index (χ0) is 16.7. The third-order valence-electron chi connectivity index (χ3n) is 6.20. The van der Waals surface area contributed by atoms with Crippen LogP contribution in [-0.2, 0) is 4.74 Å². The highest BCUT2D eigenvalue weighted by Crippen LogP contribution is 2.56. The van der Waals surface area contributed by atoms with Crippen molar-refractivity contribution in [3.05, 3.63) is 52.6 Å². The van der Waals surface area contributed by atoms with Gasteiger partial charge in [0.15, 0.2) is 0 Å². The summed E-state index contributed by atoms with van der Waals surface area (Å²) in [7, 11) is 1.41. The minimum atomic E-state index is -0.280. The van der Waals surface area contributed by atoms with Gasteiger partial charge in [0.1, 0.15) is 0 Å². The van der Waals surface area contributed by atoms with E-state index in [1.165, 1.54) is 44.8 Å². The summed E-state index contributed by atoms with van der Waals surface area (Å²) in [5.41, 5.74) is 4.79. The molecule has 5 rings (SSSR count). The number of carbonyl (C=O) groups excluding carboxylic acids is 1. The summed E-state index contributed by atoms with van der Waals surface area (Å²) in [5.74, 6) is 3.45. The summed E-state index contributed by atoms with van der Waals surface area (Å²) < 4.78 is 4.75. The zero-order valence-corrected chi connectivity index (χ0v) is 14.6. The Labute approximate surface area is 144 Å². The molecule has 1 aromatic carbocycles. The van der Waals surface area contributed by atoms with Gasteiger partial charge < -0.3 is 4.74 Å². The van der Waals surface area contributed by atoms with Crippen LogP contribution in [0.1, 0.15) is 54.9 Å². The zero-order valence-electron chi connectivity index (χ0n) is 14.6. The SMILES string of the molecule is COC(=O)c1ccc(C=C(C)C=C2C3CC4CC(C3)CC2C4)cc1. The Morgan fingerprint density at radius 1 is 1.00 bits per heavy atom. The van der Waals surface area contributed by atoms with Crippen molar-refractivity contribution in [1.29, 1.82) is 0 Å². The number of ether oxygens (including phenoxy) is 1. The van der Waals surface area contributed by atoms with Crippen LogP contribution in [0.2, 0.25) is 0 Å².